The fourth-order valence-corrected chi connectivity index (χ4v) is 1.60. The summed E-state index contributed by atoms with van der Waals surface area (Å²) in [6.45, 7) is 3.89. The van der Waals surface area contributed by atoms with Crippen molar-refractivity contribution in [1.82, 2.24) is 20.2 Å². The van der Waals surface area contributed by atoms with Crippen molar-refractivity contribution >= 4 is 5.97 Å². The maximum Gasteiger partial charge on any atom is 0.305 e. The summed E-state index contributed by atoms with van der Waals surface area (Å²) >= 11 is 0. The van der Waals surface area contributed by atoms with Crippen LogP contribution >= 0.6 is 0 Å². The second kappa shape index (κ2) is 4.36. The van der Waals surface area contributed by atoms with E-state index in [-0.39, 0.29) is 13.0 Å². The van der Waals surface area contributed by atoms with Gasteiger partial charge in [0.25, 0.3) is 0 Å². The first-order valence-electron chi connectivity index (χ1n) is 5.13. The fraction of sp³-hybridized carbons (Fsp3) is 0.400. The smallest absolute Gasteiger partial charge is 0.305 e. The van der Waals surface area contributed by atoms with Gasteiger partial charge in [-0.3, -0.25) is 4.79 Å². The summed E-state index contributed by atoms with van der Waals surface area (Å²) in [4.78, 5) is 10.5. The number of carbonyl (C=O) groups is 1. The third-order valence-electron chi connectivity index (χ3n) is 2.35. The van der Waals surface area contributed by atoms with E-state index in [1.807, 2.05) is 19.9 Å². The monoisotopic (exact) mass is 236 g/mol. The Labute approximate surface area is 97.0 Å². The van der Waals surface area contributed by atoms with Gasteiger partial charge in [0.1, 0.15) is 11.5 Å². The Morgan fingerprint density at radius 2 is 2.29 bits per heavy atom. The molecule has 7 nitrogen and oxygen atoms in total. The summed E-state index contributed by atoms with van der Waals surface area (Å²) < 4.78 is 6.86. The zero-order chi connectivity index (χ0) is 12.4. The van der Waals surface area contributed by atoms with Gasteiger partial charge in [0.2, 0.25) is 0 Å². The SMILES string of the molecule is Cc1cc(-c2nnnn2CCC(=O)O)c(C)o1. The van der Waals surface area contributed by atoms with Crippen LogP contribution in [-0.4, -0.2) is 31.3 Å². The van der Waals surface area contributed by atoms with E-state index < -0.39 is 5.97 Å². The minimum atomic E-state index is -0.883. The molecule has 0 aromatic carbocycles. The number of aliphatic carboxylic acids is 1. The number of tetrazole rings is 1. The van der Waals surface area contributed by atoms with E-state index >= 15 is 0 Å². The number of aryl methyl sites for hydroxylation is 3. The maximum absolute atomic E-state index is 10.5. The highest BCUT2D eigenvalue weighted by Gasteiger charge is 2.15. The Morgan fingerprint density at radius 3 is 2.88 bits per heavy atom. The molecule has 0 spiro atoms. The second-order valence-corrected chi connectivity index (χ2v) is 3.70. The van der Waals surface area contributed by atoms with Crippen molar-refractivity contribution < 1.29 is 14.3 Å². The molecule has 0 saturated heterocycles. The Kier molecular flexibility index (Phi) is 2.90. The van der Waals surface area contributed by atoms with Crippen molar-refractivity contribution in [1.29, 1.82) is 0 Å². The van der Waals surface area contributed by atoms with Crippen LogP contribution in [0.25, 0.3) is 11.4 Å². The molecule has 0 aliphatic carbocycles. The number of nitrogens with zero attached hydrogens (tertiary/aromatic N) is 4. The normalized spacial score (nSPS) is 10.7. The van der Waals surface area contributed by atoms with Gasteiger partial charge in [-0.15, -0.1) is 5.10 Å². The number of carboxylic acid groups (broad SMARTS) is 1. The molecular formula is C10H12N4O3. The van der Waals surface area contributed by atoms with Crippen LogP contribution in [0.5, 0.6) is 0 Å². The highest BCUT2D eigenvalue weighted by Crippen LogP contribution is 2.24. The Bertz CT molecular complexity index is 543. The number of furan rings is 1. The van der Waals surface area contributed by atoms with Gasteiger partial charge in [0.15, 0.2) is 5.82 Å². The number of hydrogen-bond acceptors (Lipinski definition) is 5. The highest BCUT2D eigenvalue weighted by atomic mass is 16.4. The average Bonchev–Trinajstić information content (AvgIpc) is 2.81. The molecule has 1 N–H and O–H groups in total. The van der Waals surface area contributed by atoms with Gasteiger partial charge in [-0.25, -0.2) is 4.68 Å². The van der Waals surface area contributed by atoms with Gasteiger partial charge in [0.05, 0.1) is 18.5 Å². The van der Waals surface area contributed by atoms with Gasteiger partial charge < -0.3 is 9.52 Å². The largest absolute Gasteiger partial charge is 0.481 e. The van der Waals surface area contributed by atoms with Crippen molar-refractivity contribution in [2.45, 2.75) is 26.8 Å². The Morgan fingerprint density at radius 1 is 1.53 bits per heavy atom. The van der Waals surface area contributed by atoms with Gasteiger partial charge in [-0.2, -0.15) is 0 Å². The molecule has 0 aliphatic rings. The summed E-state index contributed by atoms with van der Waals surface area (Å²) in [5.74, 6) is 1.13. The van der Waals surface area contributed by atoms with Crippen molar-refractivity contribution in [3.05, 3.63) is 17.6 Å². The first-order chi connectivity index (χ1) is 8.08. The number of aromatic nitrogens is 4. The standard InChI is InChI=1S/C10H12N4O3/c1-6-5-8(7(2)17-6)10-11-12-13-14(10)4-3-9(15)16/h5H,3-4H2,1-2H3,(H,15,16). The van der Waals surface area contributed by atoms with E-state index in [1.165, 1.54) is 4.68 Å². The van der Waals surface area contributed by atoms with Gasteiger partial charge in [0, 0.05) is 0 Å². The third-order valence-corrected chi connectivity index (χ3v) is 2.35. The molecule has 2 heterocycles. The molecule has 0 saturated carbocycles. The van der Waals surface area contributed by atoms with Crippen LogP contribution in [0.15, 0.2) is 10.5 Å². The Hall–Kier alpha value is -2.18. The molecule has 2 aromatic rings. The lowest BCUT2D eigenvalue weighted by atomic mass is 10.2. The van der Waals surface area contributed by atoms with E-state index in [0.717, 1.165) is 11.3 Å². The molecule has 0 bridgehead atoms. The van der Waals surface area contributed by atoms with E-state index in [4.69, 9.17) is 9.52 Å². The minimum Gasteiger partial charge on any atom is -0.481 e. The summed E-state index contributed by atoms with van der Waals surface area (Å²) in [7, 11) is 0. The van der Waals surface area contributed by atoms with Crippen molar-refractivity contribution in [3.63, 3.8) is 0 Å². The van der Waals surface area contributed by atoms with Crippen LogP contribution in [0.1, 0.15) is 17.9 Å². The number of hydrogen-bond donors (Lipinski definition) is 1. The molecule has 7 heteroatoms. The number of rotatable bonds is 4. The highest BCUT2D eigenvalue weighted by molar-refractivity contribution is 5.66. The molecule has 0 fully saturated rings. The lowest BCUT2D eigenvalue weighted by molar-refractivity contribution is -0.137. The predicted molar refractivity (Wildman–Crippen MR) is 57.2 cm³/mol. The molecule has 17 heavy (non-hydrogen) atoms. The molecular weight excluding hydrogens is 224 g/mol. The van der Waals surface area contributed by atoms with Crippen LogP contribution in [0.2, 0.25) is 0 Å². The molecule has 90 valence electrons. The quantitative estimate of drug-likeness (QED) is 0.851. The van der Waals surface area contributed by atoms with Crippen LogP contribution in [-0.2, 0) is 11.3 Å². The van der Waals surface area contributed by atoms with E-state index in [2.05, 4.69) is 15.5 Å². The number of carboxylic acids is 1. The van der Waals surface area contributed by atoms with Crippen LogP contribution < -0.4 is 0 Å². The fourth-order valence-electron chi connectivity index (χ4n) is 1.60. The van der Waals surface area contributed by atoms with E-state index in [9.17, 15) is 4.79 Å². The topological polar surface area (TPSA) is 94.0 Å². The van der Waals surface area contributed by atoms with E-state index in [1.54, 1.807) is 0 Å². The summed E-state index contributed by atoms with van der Waals surface area (Å²) in [5.41, 5.74) is 0.790. The van der Waals surface area contributed by atoms with Crippen LogP contribution in [0, 0.1) is 13.8 Å². The molecule has 0 amide bonds. The average molecular weight is 236 g/mol. The van der Waals surface area contributed by atoms with Gasteiger partial charge in [-0.1, -0.05) is 0 Å². The zero-order valence-electron chi connectivity index (χ0n) is 9.54. The first-order valence-corrected chi connectivity index (χ1v) is 5.13. The Balaban J connectivity index is 2.30. The minimum absolute atomic E-state index is 0.0199. The first kappa shape index (κ1) is 11.3. The molecule has 2 rings (SSSR count). The second-order valence-electron chi connectivity index (χ2n) is 3.70. The van der Waals surface area contributed by atoms with E-state index in [0.29, 0.717) is 11.6 Å². The van der Waals surface area contributed by atoms with Gasteiger partial charge in [-0.05, 0) is 30.3 Å². The molecule has 0 unspecified atom stereocenters. The third kappa shape index (κ3) is 2.32. The lowest BCUT2D eigenvalue weighted by Crippen LogP contribution is -2.07. The molecule has 0 aliphatic heterocycles. The van der Waals surface area contributed by atoms with Crippen molar-refractivity contribution in [2.24, 2.45) is 0 Å². The predicted octanol–water partition coefficient (Wildman–Crippen LogP) is 1.02. The summed E-state index contributed by atoms with van der Waals surface area (Å²) in [6, 6.07) is 1.83. The maximum atomic E-state index is 10.5. The molecule has 0 radical (unpaired) electrons. The summed E-state index contributed by atoms with van der Waals surface area (Å²) in [5, 5.41) is 19.8. The van der Waals surface area contributed by atoms with Gasteiger partial charge >= 0.3 is 5.97 Å². The molecule has 2 aromatic heterocycles. The van der Waals surface area contributed by atoms with Crippen LogP contribution in [0.3, 0.4) is 0 Å². The van der Waals surface area contributed by atoms with Crippen molar-refractivity contribution in [3.8, 4) is 11.4 Å². The van der Waals surface area contributed by atoms with Crippen LogP contribution in [0.4, 0.5) is 0 Å². The molecule has 0 atom stereocenters. The lowest BCUT2D eigenvalue weighted by Gasteiger charge is -2.00. The summed E-state index contributed by atoms with van der Waals surface area (Å²) in [6.07, 6.45) is -0.0199. The zero-order valence-corrected chi connectivity index (χ0v) is 9.54. The van der Waals surface area contributed by atoms with Crippen molar-refractivity contribution in [2.75, 3.05) is 0 Å².